The first-order valence-electron chi connectivity index (χ1n) is 8.12. The predicted octanol–water partition coefficient (Wildman–Crippen LogP) is 1.46. The summed E-state index contributed by atoms with van der Waals surface area (Å²) < 4.78 is 1.93. The van der Waals surface area contributed by atoms with Gasteiger partial charge < -0.3 is 15.2 Å². The van der Waals surface area contributed by atoms with Crippen molar-refractivity contribution in [1.82, 2.24) is 29.9 Å². The van der Waals surface area contributed by atoms with E-state index in [2.05, 4.69) is 36.4 Å². The molecule has 4 rings (SSSR count). The molecule has 1 saturated heterocycles. The molecule has 0 radical (unpaired) electrons. The van der Waals surface area contributed by atoms with E-state index >= 15 is 0 Å². The summed E-state index contributed by atoms with van der Waals surface area (Å²) in [6, 6.07) is 2.11. The van der Waals surface area contributed by atoms with E-state index in [9.17, 15) is 0 Å². The minimum absolute atomic E-state index is 0.632. The van der Waals surface area contributed by atoms with Gasteiger partial charge in [-0.2, -0.15) is 0 Å². The fourth-order valence-corrected chi connectivity index (χ4v) is 3.28. The van der Waals surface area contributed by atoms with E-state index in [-0.39, 0.29) is 0 Å². The third-order valence-corrected chi connectivity index (χ3v) is 4.44. The molecule has 4 heterocycles. The molecular weight excluding hydrogens is 290 g/mol. The highest BCUT2D eigenvalue weighted by Crippen LogP contribution is 2.23. The number of fused-ring (bicyclic) bond motifs is 1. The number of nitrogens with one attached hydrogen (secondary N) is 2. The van der Waals surface area contributed by atoms with Crippen LogP contribution < -0.4 is 10.2 Å². The zero-order valence-electron chi connectivity index (χ0n) is 13.0. The molecule has 3 aromatic rings. The molecule has 1 atom stereocenters. The quantitative estimate of drug-likeness (QED) is 0.746. The molecule has 7 nitrogen and oxygen atoms in total. The number of hydrogen-bond donors (Lipinski definition) is 2. The summed E-state index contributed by atoms with van der Waals surface area (Å²) in [7, 11) is 0. The van der Waals surface area contributed by atoms with Crippen LogP contribution in [0.2, 0.25) is 0 Å². The van der Waals surface area contributed by atoms with E-state index in [0.29, 0.717) is 5.92 Å². The van der Waals surface area contributed by atoms with Gasteiger partial charge in [-0.3, -0.25) is 4.40 Å². The van der Waals surface area contributed by atoms with Crippen molar-refractivity contribution < 1.29 is 0 Å². The van der Waals surface area contributed by atoms with E-state index < -0.39 is 0 Å². The van der Waals surface area contributed by atoms with Gasteiger partial charge in [0.15, 0.2) is 5.82 Å². The summed E-state index contributed by atoms with van der Waals surface area (Å²) in [5, 5.41) is 11.8. The molecule has 2 N–H and O–H groups in total. The lowest BCUT2D eigenvalue weighted by Crippen LogP contribution is -2.40. The number of H-pyrrole nitrogens is 1. The highest BCUT2D eigenvalue weighted by Gasteiger charge is 2.22. The van der Waals surface area contributed by atoms with E-state index in [1.807, 2.05) is 29.2 Å². The number of hydrogen-bond acceptors (Lipinski definition) is 5. The number of aromatic amines is 1. The Bertz CT molecular complexity index is 749. The number of nitrogens with zero attached hydrogens (tertiary/aromatic N) is 5. The average molecular weight is 311 g/mol. The van der Waals surface area contributed by atoms with Crippen molar-refractivity contribution in [3.63, 3.8) is 0 Å². The smallest absolute Gasteiger partial charge is 0.203 e. The molecule has 1 aliphatic rings. The molecule has 0 aromatic carbocycles. The molecule has 23 heavy (non-hydrogen) atoms. The molecule has 3 aromatic heterocycles. The van der Waals surface area contributed by atoms with Gasteiger partial charge in [-0.15, -0.1) is 10.2 Å². The second kappa shape index (κ2) is 6.37. The Labute approximate surface area is 134 Å². The van der Waals surface area contributed by atoms with Crippen LogP contribution in [0.3, 0.4) is 0 Å². The largest absolute Gasteiger partial charge is 0.367 e. The normalized spacial score (nSPS) is 18.6. The lowest BCUT2D eigenvalue weighted by Gasteiger charge is -2.33. The third-order valence-electron chi connectivity index (χ3n) is 4.44. The zero-order valence-corrected chi connectivity index (χ0v) is 13.0. The van der Waals surface area contributed by atoms with Crippen LogP contribution in [0.15, 0.2) is 37.2 Å². The highest BCUT2D eigenvalue weighted by atomic mass is 15.3. The molecule has 0 aliphatic carbocycles. The van der Waals surface area contributed by atoms with Crippen LogP contribution in [0.4, 0.5) is 5.82 Å². The van der Waals surface area contributed by atoms with E-state index in [0.717, 1.165) is 37.6 Å². The molecule has 1 aliphatic heterocycles. The Morgan fingerprint density at radius 3 is 3.30 bits per heavy atom. The topological polar surface area (TPSA) is 74.1 Å². The molecule has 0 spiro atoms. The Morgan fingerprint density at radius 2 is 2.39 bits per heavy atom. The van der Waals surface area contributed by atoms with Gasteiger partial charge in [-0.1, -0.05) is 0 Å². The molecule has 1 unspecified atom stereocenters. The number of anilines is 1. The first kappa shape index (κ1) is 14.2. The second-order valence-electron chi connectivity index (χ2n) is 6.12. The Morgan fingerprint density at radius 1 is 1.39 bits per heavy atom. The van der Waals surface area contributed by atoms with Crippen molar-refractivity contribution >= 4 is 11.5 Å². The van der Waals surface area contributed by atoms with Gasteiger partial charge in [-0.25, -0.2) is 4.98 Å². The Kier molecular flexibility index (Phi) is 3.94. The van der Waals surface area contributed by atoms with Crippen LogP contribution in [0.5, 0.6) is 0 Å². The van der Waals surface area contributed by atoms with Crippen LogP contribution in [0.25, 0.3) is 5.65 Å². The molecule has 0 saturated carbocycles. The van der Waals surface area contributed by atoms with Crippen LogP contribution in [-0.2, 0) is 6.54 Å². The predicted molar refractivity (Wildman–Crippen MR) is 88.2 cm³/mol. The Balaban J connectivity index is 1.40. The van der Waals surface area contributed by atoms with Gasteiger partial charge in [-0.05, 0) is 36.9 Å². The van der Waals surface area contributed by atoms with Crippen molar-refractivity contribution in [3.8, 4) is 0 Å². The van der Waals surface area contributed by atoms with E-state index in [1.54, 1.807) is 6.33 Å². The molecule has 1 fully saturated rings. The van der Waals surface area contributed by atoms with Crippen molar-refractivity contribution in [2.24, 2.45) is 5.92 Å². The molecule has 0 amide bonds. The monoisotopic (exact) mass is 311 g/mol. The average Bonchev–Trinajstić information content (AvgIpc) is 3.26. The SMILES string of the molecule is c1cn2cnnc2c(N2CCCC(CNCc3cc[nH]c3)C2)n1. The summed E-state index contributed by atoms with van der Waals surface area (Å²) in [6.45, 7) is 3.99. The molecule has 0 bridgehead atoms. The minimum Gasteiger partial charge on any atom is -0.367 e. The summed E-state index contributed by atoms with van der Waals surface area (Å²) >= 11 is 0. The zero-order chi connectivity index (χ0) is 15.5. The van der Waals surface area contributed by atoms with Crippen LogP contribution >= 0.6 is 0 Å². The summed E-state index contributed by atoms with van der Waals surface area (Å²) in [5.74, 6) is 1.58. The van der Waals surface area contributed by atoms with Crippen LogP contribution in [-0.4, -0.2) is 44.2 Å². The van der Waals surface area contributed by atoms with E-state index in [4.69, 9.17) is 0 Å². The van der Waals surface area contributed by atoms with Gasteiger partial charge in [0.1, 0.15) is 6.33 Å². The maximum atomic E-state index is 4.54. The van der Waals surface area contributed by atoms with Gasteiger partial charge >= 0.3 is 0 Å². The molecular formula is C16H21N7. The maximum absolute atomic E-state index is 4.54. The van der Waals surface area contributed by atoms with Crippen LogP contribution in [0.1, 0.15) is 18.4 Å². The van der Waals surface area contributed by atoms with Gasteiger partial charge in [0.05, 0.1) is 0 Å². The highest BCUT2D eigenvalue weighted by molar-refractivity contribution is 5.63. The van der Waals surface area contributed by atoms with Crippen molar-refractivity contribution in [1.29, 1.82) is 0 Å². The first-order valence-corrected chi connectivity index (χ1v) is 8.12. The fraction of sp³-hybridized carbons (Fsp3) is 0.438. The third kappa shape index (κ3) is 3.05. The van der Waals surface area contributed by atoms with E-state index in [1.165, 1.54) is 18.4 Å². The second-order valence-corrected chi connectivity index (χ2v) is 6.12. The Hall–Kier alpha value is -2.41. The number of piperidine rings is 1. The van der Waals surface area contributed by atoms with Gasteiger partial charge in [0.2, 0.25) is 5.65 Å². The number of rotatable bonds is 5. The van der Waals surface area contributed by atoms with Crippen molar-refractivity contribution in [2.75, 3.05) is 24.5 Å². The summed E-state index contributed by atoms with van der Waals surface area (Å²) in [5.41, 5.74) is 2.14. The minimum atomic E-state index is 0.632. The molecule has 120 valence electrons. The lowest BCUT2D eigenvalue weighted by molar-refractivity contribution is 0.390. The molecule has 7 heteroatoms. The van der Waals surface area contributed by atoms with Gasteiger partial charge in [0, 0.05) is 44.4 Å². The number of aromatic nitrogens is 5. The standard InChI is InChI=1S/C16H21N7/c1-2-14(10-18-9-13-3-4-17-8-13)11-22(6-1)15-16-21-20-12-23(16)7-5-19-15/h3-5,7-8,12,14,17-18H,1-2,6,9-11H2. The fourth-order valence-electron chi connectivity index (χ4n) is 3.28. The van der Waals surface area contributed by atoms with Crippen molar-refractivity contribution in [3.05, 3.63) is 42.7 Å². The summed E-state index contributed by atoms with van der Waals surface area (Å²) in [6.07, 6.45) is 11.9. The summed E-state index contributed by atoms with van der Waals surface area (Å²) in [4.78, 5) is 9.97. The lowest BCUT2D eigenvalue weighted by atomic mass is 9.98. The van der Waals surface area contributed by atoms with Gasteiger partial charge in [0.25, 0.3) is 0 Å². The van der Waals surface area contributed by atoms with Crippen LogP contribution in [0, 0.1) is 5.92 Å². The van der Waals surface area contributed by atoms with Crippen molar-refractivity contribution in [2.45, 2.75) is 19.4 Å². The first-order chi connectivity index (χ1) is 11.4. The maximum Gasteiger partial charge on any atom is 0.203 e.